The molecule has 4 nitrogen and oxygen atoms in total. The molecular weight excluding hydrogens is 194 g/mol. The van der Waals surface area contributed by atoms with Gasteiger partial charge in [0.25, 0.3) is 0 Å². The average molecular weight is 213 g/mol. The lowest BCUT2D eigenvalue weighted by Crippen LogP contribution is -2.47. The molecule has 0 aromatic heterocycles. The summed E-state index contributed by atoms with van der Waals surface area (Å²) in [5, 5.41) is 9.63. The quantitative estimate of drug-likeness (QED) is 0.705. The Bertz CT molecular complexity index is 245. The van der Waals surface area contributed by atoms with Crippen LogP contribution in [0.5, 0.6) is 0 Å². The van der Waals surface area contributed by atoms with Gasteiger partial charge in [0.05, 0.1) is 12.6 Å². The zero-order chi connectivity index (χ0) is 11.6. The highest BCUT2D eigenvalue weighted by molar-refractivity contribution is 5.97. The van der Waals surface area contributed by atoms with Crippen molar-refractivity contribution in [3.8, 4) is 0 Å². The van der Waals surface area contributed by atoms with Crippen molar-refractivity contribution >= 4 is 11.8 Å². The van der Waals surface area contributed by atoms with Crippen molar-refractivity contribution in [3.63, 3.8) is 0 Å². The maximum absolute atomic E-state index is 11.6. The maximum atomic E-state index is 11.6. The standard InChI is InChI=1S/C11H19NO3/c1-7(2)9(13)6-12-10(14)4-8(3)5-11(12)15/h7-9,13H,4-6H2,1-3H3. The van der Waals surface area contributed by atoms with Crippen LogP contribution < -0.4 is 0 Å². The molecule has 1 saturated heterocycles. The van der Waals surface area contributed by atoms with Crippen LogP contribution in [0.1, 0.15) is 33.6 Å². The molecule has 1 rings (SSSR count). The summed E-state index contributed by atoms with van der Waals surface area (Å²) in [6.07, 6.45) is 0.207. The predicted molar refractivity (Wildman–Crippen MR) is 56.0 cm³/mol. The molecule has 86 valence electrons. The van der Waals surface area contributed by atoms with Gasteiger partial charge in [-0.1, -0.05) is 20.8 Å². The van der Waals surface area contributed by atoms with E-state index in [1.165, 1.54) is 4.90 Å². The first kappa shape index (κ1) is 12.2. The zero-order valence-electron chi connectivity index (χ0n) is 9.56. The summed E-state index contributed by atoms with van der Waals surface area (Å²) in [4.78, 5) is 24.3. The topological polar surface area (TPSA) is 57.6 Å². The summed E-state index contributed by atoms with van der Waals surface area (Å²) < 4.78 is 0. The number of carbonyl (C=O) groups is 2. The molecular formula is C11H19NO3. The van der Waals surface area contributed by atoms with Crippen molar-refractivity contribution in [1.29, 1.82) is 0 Å². The Balaban J connectivity index is 2.61. The highest BCUT2D eigenvalue weighted by Crippen LogP contribution is 2.19. The molecule has 0 bridgehead atoms. The molecule has 0 saturated carbocycles. The normalized spacial score (nSPS) is 21.3. The molecule has 1 aliphatic heterocycles. The van der Waals surface area contributed by atoms with Crippen LogP contribution in [0.25, 0.3) is 0 Å². The second-order valence-electron chi connectivity index (χ2n) is 4.72. The van der Waals surface area contributed by atoms with Gasteiger partial charge in [-0.05, 0) is 11.8 Å². The molecule has 1 unspecified atom stereocenters. The number of hydrogen-bond acceptors (Lipinski definition) is 3. The Morgan fingerprint density at radius 3 is 2.20 bits per heavy atom. The van der Waals surface area contributed by atoms with E-state index in [-0.39, 0.29) is 30.2 Å². The summed E-state index contributed by atoms with van der Waals surface area (Å²) in [7, 11) is 0. The zero-order valence-corrected chi connectivity index (χ0v) is 9.56. The van der Waals surface area contributed by atoms with E-state index in [2.05, 4.69) is 0 Å². The van der Waals surface area contributed by atoms with E-state index in [0.29, 0.717) is 12.8 Å². The molecule has 0 aromatic carbocycles. The number of piperidine rings is 1. The molecule has 1 heterocycles. The third kappa shape index (κ3) is 3.02. The lowest BCUT2D eigenvalue weighted by atomic mass is 9.96. The number of β-amino-alcohol motifs (C(OH)–C–C–N with tert-alkyl or cyclic N) is 1. The lowest BCUT2D eigenvalue weighted by molar-refractivity contribution is -0.151. The number of aliphatic hydroxyl groups is 1. The molecule has 1 aliphatic rings. The van der Waals surface area contributed by atoms with Gasteiger partial charge < -0.3 is 5.11 Å². The van der Waals surface area contributed by atoms with Gasteiger partial charge in [0.15, 0.2) is 0 Å². The predicted octanol–water partition coefficient (Wildman–Crippen LogP) is 0.788. The third-order valence-corrected chi connectivity index (χ3v) is 2.79. The van der Waals surface area contributed by atoms with Gasteiger partial charge in [0.2, 0.25) is 11.8 Å². The van der Waals surface area contributed by atoms with Crippen molar-refractivity contribution in [2.75, 3.05) is 6.54 Å². The second kappa shape index (κ2) is 4.75. The maximum Gasteiger partial charge on any atom is 0.229 e. The number of likely N-dealkylation sites (tertiary alicyclic amines) is 1. The van der Waals surface area contributed by atoms with Crippen LogP contribution in [0, 0.1) is 11.8 Å². The van der Waals surface area contributed by atoms with Crippen molar-refractivity contribution in [1.82, 2.24) is 4.90 Å². The number of aliphatic hydroxyl groups excluding tert-OH is 1. The first-order chi connectivity index (χ1) is 6.91. The van der Waals surface area contributed by atoms with E-state index in [4.69, 9.17) is 0 Å². The van der Waals surface area contributed by atoms with Gasteiger partial charge in [-0.25, -0.2) is 0 Å². The molecule has 2 amide bonds. The number of hydrogen-bond donors (Lipinski definition) is 1. The van der Waals surface area contributed by atoms with E-state index in [1.54, 1.807) is 0 Å². The Hall–Kier alpha value is -0.900. The van der Waals surface area contributed by atoms with Crippen LogP contribution in [-0.4, -0.2) is 34.5 Å². The highest BCUT2D eigenvalue weighted by atomic mass is 16.3. The first-order valence-corrected chi connectivity index (χ1v) is 5.43. The Morgan fingerprint density at radius 1 is 1.33 bits per heavy atom. The van der Waals surface area contributed by atoms with Gasteiger partial charge in [0.1, 0.15) is 0 Å². The summed E-state index contributed by atoms with van der Waals surface area (Å²) in [6.45, 7) is 5.77. The second-order valence-corrected chi connectivity index (χ2v) is 4.72. The molecule has 0 radical (unpaired) electrons. The van der Waals surface area contributed by atoms with Gasteiger partial charge in [-0.2, -0.15) is 0 Å². The van der Waals surface area contributed by atoms with Crippen LogP contribution in [0.15, 0.2) is 0 Å². The van der Waals surface area contributed by atoms with Crippen molar-refractivity contribution < 1.29 is 14.7 Å². The fraction of sp³-hybridized carbons (Fsp3) is 0.818. The number of rotatable bonds is 3. The van der Waals surface area contributed by atoms with Crippen molar-refractivity contribution in [2.45, 2.75) is 39.7 Å². The fourth-order valence-corrected chi connectivity index (χ4v) is 1.63. The third-order valence-electron chi connectivity index (χ3n) is 2.79. The van der Waals surface area contributed by atoms with E-state index < -0.39 is 6.10 Å². The SMILES string of the molecule is CC1CC(=O)N(CC(O)C(C)C)C(=O)C1. The van der Waals surface area contributed by atoms with Crippen molar-refractivity contribution in [2.24, 2.45) is 11.8 Å². The molecule has 4 heteroatoms. The molecule has 1 atom stereocenters. The molecule has 1 fully saturated rings. The molecule has 15 heavy (non-hydrogen) atoms. The minimum atomic E-state index is -0.619. The van der Waals surface area contributed by atoms with Gasteiger partial charge >= 0.3 is 0 Å². The van der Waals surface area contributed by atoms with E-state index in [0.717, 1.165) is 0 Å². The smallest absolute Gasteiger partial charge is 0.229 e. The summed E-state index contributed by atoms with van der Waals surface area (Å²) in [5.41, 5.74) is 0. The van der Waals surface area contributed by atoms with Gasteiger partial charge in [-0.3, -0.25) is 14.5 Å². The monoisotopic (exact) mass is 213 g/mol. The van der Waals surface area contributed by atoms with E-state index in [1.807, 2.05) is 20.8 Å². The molecule has 1 N–H and O–H groups in total. The number of imide groups is 1. The Morgan fingerprint density at radius 2 is 1.80 bits per heavy atom. The van der Waals surface area contributed by atoms with Gasteiger partial charge in [0, 0.05) is 12.8 Å². The fourth-order valence-electron chi connectivity index (χ4n) is 1.63. The minimum Gasteiger partial charge on any atom is -0.391 e. The molecule has 0 aromatic rings. The Kier molecular flexibility index (Phi) is 3.85. The number of nitrogens with zero attached hydrogens (tertiary/aromatic N) is 1. The van der Waals surface area contributed by atoms with E-state index >= 15 is 0 Å². The molecule has 0 spiro atoms. The first-order valence-electron chi connectivity index (χ1n) is 5.43. The summed E-state index contributed by atoms with van der Waals surface area (Å²) in [6, 6.07) is 0. The van der Waals surface area contributed by atoms with Crippen LogP contribution in [0.4, 0.5) is 0 Å². The minimum absolute atomic E-state index is 0.0601. The number of amides is 2. The van der Waals surface area contributed by atoms with Crippen LogP contribution in [0.2, 0.25) is 0 Å². The van der Waals surface area contributed by atoms with Crippen LogP contribution >= 0.6 is 0 Å². The summed E-state index contributed by atoms with van der Waals surface area (Å²) >= 11 is 0. The average Bonchev–Trinajstić information content (AvgIpc) is 2.10. The highest BCUT2D eigenvalue weighted by Gasteiger charge is 2.31. The molecule has 0 aliphatic carbocycles. The van der Waals surface area contributed by atoms with E-state index in [9.17, 15) is 14.7 Å². The van der Waals surface area contributed by atoms with Crippen molar-refractivity contribution in [3.05, 3.63) is 0 Å². The Labute approximate surface area is 90.3 Å². The van der Waals surface area contributed by atoms with Crippen LogP contribution in [-0.2, 0) is 9.59 Å². The lowest BCUT2D eigenvalue weighted by Gasteiger charge is -2.30. The van der Waals surface area contributed by atoms with Crippen LogP contribution in [0.3, 0.4) is 0 Å². The number of carbonyl (C=O) groups excluding carboxylic acids is 2. The van der Waals surface area contributed by atoms with Gasteiger partial charge in [-0.15, -0.1) is 0 Å². The largest absolute Gasteiger partial charge is 0.391 e. The summed E-state index contributed by atoms with van der Waals surface area (Å²) in [5.74, 6) is -0.112.